The van der Waals surface area contributed by atoms with E-state index < -0.39 is 0 Å². The van der Waals surface area contributed by atoms with Crippen molar-refractivity contribution in [1.82, 2.24) is 5.32 Å². The van der Waals surface area contributed by atoms with Crippen LogP contribution in [-0.4, -0.2) is 24.8 Å². The predicted molar refractivity (Wildman–Crippen MR) is 86.0 cm³/mol. The van der Waals surface area contributed by atoms with Gasteiger partial charge in [-0.1, -0.05) is 26.7 Å². The van der Waals surface area contributed by atoms with E-state index in [1.54, 1.807) is 0 Å². The third kappa shape index (κ3) is 4.46. The zero-order valence-electron chi connectivity index (χ0n) is 14.3. The van der Waals surface area contributed by atoms with Gasteiger partial charge in [0.25, 0.3) is 0 Å². The zero-order chi connectivity index (χ0) is 14.8. The molecule has 1 aliphatic heterocycles. The Kier molecular flexibility index (Phi) is 5.18. The van der Waals surface area contributed by atoms with Crippen molar-refractivity contribution in [3.05, 3.63) is 0 Å². The second-order valence-electron chi connectivity index (χ2n) is 8.63. The Morgan fingerprint density at radius 2 is 1.95 bits per heavy atom. The molecule has 0 spiro atoms. The van der Waals surface area contributed by atoms with Crippen molar-refractivity contribution >= 4 is 0 Å². The molecule has 0 amide bonds. The molecule has 2 atom stereocenters. The van der Waals surface area contributed by atoms with E-state index in [0.29, 0.717) is 11.5 Å². The molecule has 0 radical (unpaired) electrons. The second-order valence-corrected chi connectivity index (χ2v) is 8.63. The van der Waals surface area contributed by atoms with Gasteiger partial charge >= 0.3 is 0 Å². The van der Waals surface area contributed by atoms with Crippen molar-refractivity contribution in [2.45, 2.75) is 84.8 Å². The minimum absolute atomic E-state index is 0.210. The first-order chi connectivity index (χ1) is 9.32. The lowest BCUT2D eigenvalue weighted by Crippen LogP contribution is -2.48. The SMILES string of the molecule is CC(C)CCCC1(CNC(C)(C)C)CCOC1C1CC1. The quantitative estimate of drug-likeness (QED) is 0.747. The van der Waals surface area contributed by atoms with Crippen molar-refractivity contribution in [3.63, 3.8) is 0 Å². The molecule has 1 saturated carbocycles. The summed E-state index contributed by atoms with van der Waals surface area (Å²) < 4.78 is 6.18. The molecule has 1 heterocycles. The number of hydrogen-bond acceptors (Lipinski definition) is 2. The molecular formula is C18H35NO. The first kappa shape index (κ1) is 16.3. The van der Waals surface area contributed by atoms with Gasteiger partial charge in [-0.15, -0.1) is 0 Å². The molecule has 0 aromatic carbocycles. The van der Waals surface area contributed by atoms with Crippen molar-refractivity contribution in [1.29, 1.82) is 0 Å². The lowest BCUT2D eigenvalue weighted by Gasteiger charge is -2.37. The van der Waals surface area contributed by atoms with E-state index >= 15 is 0 Å². The van der Waals surface area contributed by atoms with E-state index in [2.05, 4.69) is 39.9 Å². The Morgan fingerprint density at radius 1 is 1.25 bits per heavy atom. The largest absolute Gasteiger partial charge is 0.377 e. The van der Waals surface area contributed by atoms with Gasteiger partial charge in [-0.25, -0.2) is 0 Å². The minimum Gasteiger partial charge on any atom is -0.377 e. The summed E-state index contributed by atoms with van der Waals surface area (Å²) in [6, 6.07) is 0. The predicted octanol–water partition coefficient (Wildman–Crippen LogP) is 4.39. The Morgan fingerprint density at radius 3 is 2.50 bits per heavy atom. The van der Waals surface area contributed by atoms with Gasteiger partial charge in [0.15, 0.2) is 0 Å². The summed E-state index contributed by atoms with van der Waals surface area (Å²) in [5.41, 5.74) is 0.616. The maximum Gasteiger partial charge on any atom is 0.0672 e. The van der Waals surface area contributed by atoms with E-state index in [-0.39, 0.29) is 5.54 Å². The lowest BCUT2D eigenvalue weighted by atomic mass is 9.74. The fourth-order valence-corrected chi connectivity index (χ4v) is 3.59. The van der Waals surface area contributed by atoms with Crippen LogP contribution in [0.1, 0.15) is 73.1 Å². The van der Waals surface area contributed by atoms with E-state index in [9.17, 15) is 0 Å². The van der Waals surface area contributed by atoms with Gasteiger partial charge in [-0.2, -0.15) is 0 Å². The smallest absolute Gasteiger partial charge is 0.0672 e. The molecular weight excluding hydrogens is 246 g/mol. The first-order valence-corrected chi connectivity index (χ1v) is 8.69. The standard InChI is InChI=1S/C18H35NO/c1-14(2)7-6-10-18(13-19-17(3,4)5)11-12-20-16(18)15-8-9-15/h14-16,19H,6-13H2,1-5H3. The lowest BCUT2D eigenvalue weighted by molar-refractivity contribution is 0.0222. The van der Waals surface area contributed by atoms with E-state index in [1.807, 2.05) is 0 Å². The van der Waals surface area contributed by atoms with Crippen LogP contribution in [0.5, 0.6) is 0 Å². The van der Waals surface area contributed by atoms with Gasteiger partial charge in [0.05, 0.1) is 6.10 Å². The monoisotopic (exact) mass is 281 g/mol. The van der Waals surface area contributed by atoms with E-state index in [1.165, 1.54) is 38.5 Å². The molecule has 0 bridgehead atoms. The zero-order valence-corrected chi connectivity index (χ0v) is 14.3. The van der Waals surface area contributed by atoms with Crippen molar-refractivity contribution in [2.24, 2.45) is 17.3 Å². The summed E-state index contributed by atoms with van der Waals surface area (Å²) >= 11 is 0. The van der Waals surface area contributed by atoms with Gasteiger partial charge < -0.3 is 10.1 Å². The molecule has 118 valence electrons. The molecule has 0 aromatic heterocycles. The number of hydrogen-bond donors (Lipinski definition) is 1. The van der Waals surface area contributed by atoms with Crippen molar-refractivity contribution in [2.75, 3.05) is 13.2 Å². The average Bonchev–Trinajstić information content (AvgIpc) is 3.08. The van der Waals surface area contributed by atoms with Gasteiger partial charge in [-0.3, -0.25) is 0 Å². The molecule has 0 aromatic rings. The van der Waals surface area contributed by atoms with Crippen LogP contribution in [0.25, 0.3) is 0 Å². The molecule has 1 aliphatic carbocycles. The molecule has 2 rings (SSSR count). The molecule has 2 heteroatoms. The highest BCUT2D eigenvalue weighted by Gasteiger charge is 2.50. The highest BCUT2D eigenvalue weighted by atomic mass is 16.5. The Balaban J connectivity index is 1.98. The maximum atomic E-state index is 6.18. The van der Waals surface area contributed by atoms with E-state index in [0.717, 1.165) is 25.0 Å². The van der Waals surface area contributed by atoms with E-state index in [4.69, 9.17) is 4.74 Å². The van der Waals surface area contributed by atoms with Crippen LogP contribution in [0.15, 0.2) is 0 Å². The molecule has 2 unspecified atom stereocenters. The second kappa shape index (κ2) is 6.36. The first-order valence-electron chi connectivity index (χ1n) is 8.69. The highest BCUT2D eigenvalue weighted by molar-refractivity contribution is 5.01. The molecule has 2 nitrogen and oxygen atoms in total. The van der Waals surface area contributed by atoms with Gasteiger partial charge in [0, 0.05) is 24.1 Å². The highest BCUT2D eigenvalue weighted by Crippen LogP contribution is 2.50. The molecule has 20 heavy (non-hydrogen) atoms. The topological polar surface area (TPSA) is 21.3 Å². The van der Waals surface area contributed by atoms with Crippen molar-refractivity contribution in [3.8, 4) is 0 Å². The third-order valence-corrected chi connectivity index (χ3v) is 4.98. The Labute approximate surface area is 126 Å². The van der Waals surface area contributed by atoms with Gasteiger partial charge in [0.1, 0.15) is 0 Å². The van der Waals surface area contributed by atoms with Crippen LogP contribution in [0.3, 0.4) is 0 Å². The Bertz CT molecular complexity index is 303. The summed E-state index contributed by atoms with van der Waals surface area (Å²) in [4.78, 5) is 0. The summed E-state index contributed by atoms with van der Waals surface area (Å²) in [7, 11) is 0. The Hall–Kier alpha value is -0.0800. The van der Waals surface area contributed by atoms with Crippen LogP contribution in [0, 0.1) is 17.3 Å². The molecule has 2 fully saturated rings. The summed E-state index contributed by atoms with van der Waals surface area (Å²) in [5.74, 6) is 1.68. The third-order valence-electron chi connectivity index (χ3n) is 4.98. The van der Waals surface area contributed by atoms with Crippen molar-refractivity contribution < 1.29 is 4.74 Å². The van der Waals surface area contributed by atoms with Gasteiger partial charge in [0.2, 0.25) is 0 Å². The summed E-state index contributed by atoms with van der Waals surface area (Å²) in [6.45, 7) is 13.6. The molecule has 1 saturated heterocycles. The number of nitrogens with one attached hydrogen (secondary N) is 1. The fraction of sp³-hybridized carbons (Fsp3) is 1.00. The fourth-order valence-electron chi connectivity index (χ4n) is 3.59. The number of rotatable bonds is 7. The maximum absolute atomic E-state index is 6.18. The van der Waals surface area contributed by atoms with Crippen LogP contribution in [-0.2, 0) is 4.74 Å². The average molecular weight is 281 g/mol. The summed E-state index contributed by atoms with van der Waals surface area (Å²) in [6.07, 6.45) is 8.64. The minimum atomic E-state index is 0.210. The molecule has 1 N–H and O–H groups in total. The van der Waals surface area contributed by atoms with Crippen LogP contribution < -0.4 is 5.32 Å². The number of ether oxygens (including phenoxy) is 1. The van der Waals surface area contributed by atoms with Crippen LogP contribution in [0.2, 0.25) is 0 Å². The van der Waals surface area contributed by atoms with Gasteiger partial charge in [-0.05, 0) is 58.3 Å². The molecule has 2 aliphatic rings. The normalized spacial score (nSPS) is 31.2. The van der Waals surface area contributed by atoms with Crippen LogP contribution >= 0.6 is 0 Å². The van der Waals surface area contributed by atoms with Crippen LogP contribution in [0.4, 0.5) is 0 Å². The summed E-state index contributed by atoms with van der Waals surface area (Å²) in [5, 5.41) is 3.78.